The van der Waals surface area contributed by atoms with Crippen molar-refractivity contribution in [2.45, 2.75) is 39.7 Å². The van der Waals surface area contributed by atoms with Crippen LogP contribution in [0, 0.1) is 6.92 Å². The summed E-state index contributed by atoms with van der Waals surface area (Å²) in [6.07, 6.45) is 2.47. The summed E-state index contributed by atoms with van der Waals surface area (Å²) in [6.45, 7) is 6.57. The highest BCUT2D eigenvalue weighted by Gasteiger charge is 2.16. The zero-order chi connectivity index (χ0) is 25.8. The third-order valence-electron chi connectivity index (χ3n) is 5.93. The number of hydrogen-bond donors (Lipinski definition) is 0. The summed E-state index contributed by atoms with van der Waals surface area (Å²) in [5.41, 5.74) is 3.44. The Hall–Kier alpha value is -2.97. The minimum Gasteiger partial charge on any atom is -0.493 e. The van der Waals surface area contributed by atoms with Crippen molar-refractivity contribution in [1.29, 1.82) is 0 Å². The molecular weight excluding hydrogens is 586 g/mol. The Morgan fingerprint density at radius 1 is 1.14 bits per heavy atom. The maximum Gasteiger partial charge on any atom is 0.282 e. The third kappa shape index (κ3) is 5.71. The van der Waals surface area contributed by atoms with Crippen molar-refractivity contribution in [3.05, 3.63) is 96.4 Å². The summed E-state index contributed by atoms with van der Waals surface area (Å²) < 4.78 is 14.6. The lowest BCUT2D eigenvalue weighted by Gasteiger charge is -2.15. The van der Waals surface area contributed by atoms with Gasteiger partial charge >= 0.3 is 0 Å². The fourth-order valence-corrected chi connectivity index (χ4v) is 4.75. The Balaban J connectivity index is 1.70. The number of halogens is 2. The van der Waals surface area contributed by atoms with Crippen molar-refractivity contribution in [3.63, 3.8) is 0 Å². The van der Waals surface area contributed by atoms with Crippen molar-refractivity contribution in [2.75, 3.05) is 7.11 Å². The molecule has 0 bridgehead atoms. The van der Waals surface area contributed by atoms with E-state index in [2.05, 4.69) is 62.9 Å². The number of aromatic nitrogens is 2. The predicted octanol–water partition coefficient (Wildman–Crippen LogP) is 7.21. The minimum atomic E-state index is -0.211. The number of rotatable bonds is 8. The van der Waals surface area contributed by atoms with Gasteiger partial charge in [-0.15, -0.1) is 0 Å². The molecule has 6 nitrogen and oxygen atoms in total. The van der Waals surface area contributed by atoms with Gasteiger partial charge in [0.25, 0.3) is 5.56 Å². The van der Waals surface area contributed by atoms with E-state index in [1.165, 1.54) is 10.2 Å². The molecule has 4 rings (SSSR count). The van der Waals surface area contributed by atoms with Gasteiger partial charge in [0.2, 0.25) is 0 Å². The van der Waals surface area contributed by atoms with E-state index in [0.717, 1.165) is 26.5 Å². The third-order valence-corrected chi connectivity index (χ3v) is 7.01. The van der Waals surface area contributed by atoms with Gasteiger partial charge in [-0.3, -0.25) is 4.79 Å². The summed E-state index contributed by atoms with van der Waals surface area (Å²) in [5, 5.41) is 5.07. The molecule has 0 saturated heterocycles. The highest BCUT2D eigenvalue weighted by atomic mass is 79.9. The topological polar surface area (TPSA) is 65.7 Å². The van der Waals surface area contributed by atoms with Crippen molar-refractivity contribution in [1.82, 2.24) is 9.66 Å². The van der Waals surface area contributed by atoms with Crippen LogP contribution in [0.4, 0.5) is 0 Å². The SMILES string of the molecule is CC[C@H](C)c1nc2ccc(Br)cc2c(=O)n1N=Cc1cc(Br)c(OCc2cccc(C)c2)c(OC)c1. The lowest BCUT2D eigenvalue weighted by atomic mass is 10.1. The average molecular weight is 613 g/mol. The Kier molecular flexibility index (Phi) is 8.26. The summed E-state index contributed by atoms with van der Waals surface area (Å²) >= 11 is 7.05. The second-order valence-electron chi connectivity index (χ2n) is 8.61. The number of nitrogens with zero attached hydrogens (tertiary/aromatic N) is 3. The van der Waals surface area contributed by atoms with Crippen LogP contribution in [0.25, 0.3) is 10.9 Å². The molecule has 0 fully saturated rings. The van der Waals surface area contributed by atoms with E-state index >= 15 is 0 Å². The Morgan fingerprint density at radius 2 is 1.94 bits per heavy atom. The van der Waals surface area contributed by atoms with Crippen LogP contribution in [0.2, 0.25) is 0 Å². The maximum absolute atomic E-state index is 13.4. The molecule has 0 aliphatic rings. The van der Waals surface area contributed by atoms with Gasteiger partial charge in [0, 0.05) is 10.4 Å². The second-order valence-corrected chi connectivity index (χ2v) is 10.4. The molecule has 0 unspecified atom stereocenters. The molecular formula is C28H27Br2N3O3. The number of ether oxygens (including phenoxy) is 2. The zero-order valence-corrected chi connectivity index (χ0v) is 23.8. The number of benzene rings is 3. The van der Waals surface area contributed by atoms with E-state index in [9.17, 15) is 4.79 Å². The lowest BCUT2D eigenvalue weighted by Crippen LogP contribution is -2.23. The maximum atomic E-state index is 13.4. The molecule has 1 atom stereocenters. The van der Waals surface area contributed by atoms with E-state index in [1.54, 1.807) is 19.4 Å². The van der Waals surface area contributed by atoms with Gasteiger partial charge in [0.1, 0.15) is 12.4 Å². The first-order chi connectivity index (χ1) is 17.3. The Bertz CT molecular complexity index is 1500. The molecule has 0 aliphatic carbocycles. The number of fused-ring (bicyclic) bond motifs is 1. The Morgan fingerprint density at radius 3 is 2.67 bits per heavy atom. The normalized spacial score (nSPS) is 12.3. The van der Waals surface area contributed by atoms with Crippen LogP contribution in [0.5, 0.6) is 11.5 Å². The standard InChI is InChI=1S/C28H27Br2N3O3/c1-5-18(3)27-32-24-10-9-21(29)14-22(24)28(34)33(27)31-15-20-12-23(30)26(25(13-20)35-4)36-16-19-8-6-7-17(2)11-19/h6-15,18H,5,16H2,1-4H3/t18-/m0/s1. The zero-order valence-electron chi connectivity index (χ0n) is 20.6. The molecule has 0 radical (unpaired) electrons. The van der Waals surface area contributed by atoms with E-state index in [-0.39, 0.29) is 11.5 Å². The first kappa shape index (κ1) is 26.1. The van der Waals surface area contributed by atoms with E-state index in [0.29, 0.717) is 34.8 Å². The molecule has 36 heavy (non-hydrogen) atoms. The molecule has 3 aromatic carbocycles. The summed E-state index contributed by atoms with van der Waals surface area (Å²) in [4.78, 5) is 18.1. The van der Waals surface area contributed by atoms with Gasteiger partial charge in [0.15, 0.2) is 11.5 Å². The molecule has 0 aliphatic heterocycles. The molecule has 4 aromatic rings. The quantitative estimate of drug-likeness (QED) is 0.197. The van der Waals surface area contributed by atoms with Gasteiger partial charge in [0.05, 0.1) is 28.7 Å². The van der Waals surface area contributed by atoms with Crippen LogP contribution in [0.1, 0.15) is 48.7 Å². The molecule has 0 amide bonds. The average Bonchev–Trinajstić information content (AvgIpc) is 2.87. The van der Waals surface area contributed by atoms with E-state index in [4.69, 9.17) is 14.5 Å². The second kappa shape index (κ2) is 11.4. The fourth-order valence-electron chi connectivity index (χ4n) is 3.82. The summed E-state index contributed by atoms with van der Waals surface area (Å²) in [7, 11) is 1.60. The summed E-state index contributed by atoms with van der Waals surface area (Å²) in [6, 6.07) is 17.4. The largest absolute Gasteiger partial charge is 0.493 e. The minimum absolute atomic E-state index is 0.0570. The van der Waals surface area contributed by atoms with Crippen LogP contribution < -0.4 is 15.0 Å². The van der Waals surface area contributed by atoms with Gasteiger partial charge in [-0.25, -0.2) is 4.98 Å². The van der Waals surface area contributed by atoms with Crippen molar-refractivity contribution < 1.29 is 9.47 Å². The van der Waals surface area contributed by atoms with Gasteiger partial charge in [-0.1, -0.05) is 59.6 Å². The van der Waals surface area contributed by atoms with E-state index in [1.807, 2.05) is 43.3 Å². The van der Waals surface area contributed by atoms with Crippen LogP contribution in [-0.2, 0) is 6.61 Å². The number of aryl methyl sites for hydroxylation is 1. The smallest absolute Gasteiger partial charge is 0.282 e. The van der Waals surface area contributed by atoms with Gasteiger partial charge in [-0.05, 0) is 70.7 Å². The first-order valence-corrected chi connectivity index (χ1v) is 13.2. The highest BCUT2D eigenvalue weighted by Crippen LogP contribution is 2.37. The summed E-state index contributed by atoms with van der Waals surface area (Å²) in [5.74, 6) is 1.85. The number of methoxy groups -OCH3 is 1. The van der Waals surface area contributed by atoms with Crippen molar-refractivity contribution >= 4 is 49.0 Å². The monoisotopic (exact) mass is 611 g/mol. The van der Waals surface area contributed by atoms with Crippen molar-refractivity contribution in [2.24, 2.45) is 5.10 Å². The molecule has 8 heteroatoms. The van der Waals surface area contributed by atoms with Crippen LogP contribution in [0.3, 0.4) is 0 Å². The Labute approximate surface area is 227 Å². The lowest BCUT2D eigenvalue weighted by molar-refractivity contribution is 0.282. The van der Waals surface area contributed by atoms with Crippen LogP contribution >= 0.6 is 31.9 Å². The molecule has 0 saturated carbocycles. The first-order valence-electron chi connectivity index (χ1n) is 11.6. The fraction of sp³-hybridized carbons (Fsp3) is 0.250. The molecule has 1 aromatic heterocycles. The molecule has 0 spiro atoms. The van der Waals surface area contributed by atoms with Crippen LogP contribution in [0.15, 0.2) is 73.4 Å². The molecule has 0 N–H and O–H groups in total. The van der Waals surface area contributed by atoms with Crippen LogP contribution in [-0.4, -0.2) is 23.0 Å². The van der Waals surface area contributed by atoms with E-state index < -0.39 is 0 Å². The predicted molar refractivity (Wildman–Crippen MR) is 152 cm³/mol. The van der Waals surface area contributed by atoms with Gasteiger partial charge < -0.3 is 9.47 Å². The molecule has 186 valence electrons. The number of hydrogen-bond acceptors (Lipinski definition) is 5. The molecule has 1 heterocycles. The van der Waals surface area contributed by atoms with Crippen molar-refractivity contribution in [3.8, 4) is 11.5 Å². The van der Waals surface area contributed by atoms with Gasteiger partial charge in [-0.2, -0.15) is 9.78 Å². The highest BCUT2D eigenvalue weighted by molar-refractivity contribution is 9.10.